The van der Waals surface area contributed by atoms with E-state index in [-0.39, 0.29) is 12.4 Å². The van der Waals surface area contributed by atoms with Crippen LogP contribution in [-0.2, 0) is 6.61 Å². The van der Waals surface area contributed by atoms with Crippen molar-refractivity contribution in [3.8, 4) is 16.9 Å². The Morgan fingerprint density at radius 2 is 1.71 bits per heavy atom. The van der Waals surface area contributed by atoms with Crippen molar-refractivity contribution in [2.45, 2.75) is 6.61 Å². The highest BCUT2D eigenvalue weighted by molar-refractivity contribution is 5.88. The molecule has 0 atom stereocenters. The molecule has 2 nitrogen and oxygen atoms in total. The van der Waals surface area contributed by atoms with E-state index in [1.165, 1.54) is 13.2 Å². The van der Waals surface area contributed by atoms with Gasteiger partial charge in [0.1, 0.15) is 11.6 Å². The van der Waals surface area contributed by atoms with Gasteiger partial charge in [0.15, 0.2) is 0 Å². The smallest absolute Gasteiger partial charge is 0.134 e. The fraction of sp³-hybridized carbons (Fsp3) is 0.111. The SMILES string of the molecule is COc1ccc(-c2ccc3cc(CO)ccc3c2)c(F)c1. The number of aliphatic hydroxyl groups excluding tert-OH is 1. The van der Waals surface area contributed by atoms with Crippen LogP contribution in [0.4, 0.5) is 4.39 Å². The molecule has 0 heterocycles. The summed E-state index contributed by atoms with van der Waals surface area (Å²) < 4.78 is 19.1. The number of rotatable bonds is 3. The van der Waals surface area contributed by atoms with Crippen molar-refractivity contribution in [1.82, 2.24) is 0 Å². The molecule has 3 heteroatoms. The van der Waals surface area contributed by atoms with Crippen LogP contribution < -0.4 is 4.74 Å². The molecule has 3 aromatic carbocycles. The minimum atomic E-state index is -0.305. The maximum Gasteiger partial charge on any atom is 0.134 e. The van der Waals surface area contributed by atoms with E-state index in [1.807, 2.05) is 36.4 Å². The first-order valence-electron chi connectivity index (χ1n) is 6.69. The average Bonchev–Trinajstić information content (AvgIpc) is 2.53. The Morgan fingerprint density at radius 3 is 2.43 bits per heavy atom. The van der Waals surface area contributed by atoms with Crippen molar-refractivity contribution in [3.63, 3.8) is 0 Å². The van der Waals surface area contributed by atoms with Gasteiger partial charge in [0.25, 0.3) is 0 Å². The van der Waals surface area contributed by atoms with E-state index >= 15 is 0 Å². The van der Waals surface area contributed by atoms with Gasteiger partial charge < -0.3 is 9.84 Å². The lowest BCUT2D eigenvalue weighted by atomic mass is 9.99. The van der Waals surface area contributed by atoms with E-state index in [1.54, 1.807) is 12.1 Å². The lowest BCUT2D eigenvalue weighted by Crippen LogP contribution is -1.89. The molecule has 106 valence electrons. The molecule has 0 saturated heterocycles. The molecule has 0 fully saturated rings. The van der Waals surface area contributed by atoms with Gasteiger partial charge in [-0.05, 0) is 46.2 Å². The third-order valence-electron chi connectivity index (χ3n) is 3.57. The predicted molar refractivity (Wildman–Crippen MR) is 81.8 cm³/mol. The van der Waals surface area contributed by atoms with Crippen LogP contribution in [0.3, 0.4) is 0 Å². The minimum Gasteiger partial charge on any atom is -0.497 e. The molecule has 0 aromatic heterocycles. The topological polar surface area (TPSA) is 29.5 Å². The fourth-order valence-corrected chi connectivity index (χ4v) is 2.42. The van der Waals surface area contributed by atoms with Gasteiger partial charge in [0.2, 0.25) is 0 Å². The Labute approximate surface area is 122 Å². The molecular weight excluding hydrogens is 267 g/mol. The molecule has 1 N–H and O–H groups in total. The van der Waals surface area contributed by atoms with Gasteiger partial charge in [0, 0.05) is 11.6 Å². The lowest BCUT2D eigenvalue weighted by Gasteiger charge is -2.08. The molecule has 0 aliphatic carbocycles. The summed E-state index contributed by atoms with van der Waals surface area (Å²) in [4.78, 5) is 0. The van der Waals surface area contributed by atoms with Crippen LogP contribution in [-0.4, -0.2) is 12.2 Å². The van der Waals surface area contributed by atoms with Gasteiger partial charge in [-0.25, -0.2) is 4.39 Å². The Hall–Kier alpha value is -2.39. The first-order valence-corrected chi connectivity index (χ1v) is 6.69. The Morgan fingerprint density at radius 1 is 0.952 bits per heavy atom. The maximum absolute atomic E-state index is 14.1. The third kappa shape index (κ3) is 2.60. The second-order valence-corrected chi connectivity index (χ2v) is 4.90. The van der Waals surface area contributed by atoms with Crippen LogP contribution in [0.15, 0.2) is 54.6 Å². The number of hydrogen-bond donors (Lipinski definition) is 1. The summed E-state index contributed by atoms with van der Waals surface area (Å²) in [6.07, 6.45) is 0. The van der Waals surface area contributed by atoms with Crippen LogP contribution in [0.5, 0.6) is 5.75 Å². The molecule has 0 aliphatic rings. The summed E-state index contributed by atoms with van der Waals surface area (Å²) in [5, 5.41) is 11.2. The average molecular weight is 282 g/mol. The Balaban J connectivity index is 2.08. The first-order chi connectivity index (χ1) is 10.2. The standard InChI is InChI=1S/C18H15FO2/c1-21-16-6-7-17(18(19)10-16)15-5-4-13-8-12(11-20)2-3-14(13)9-15/h2-10,20H,11H2,1H3. The number of halogens is 1. The normalized spacial score (nSPS) is 10.8. The molecule has 0 unspecified atom stereocenters. The number of hydrogen-bond acceptors (Lipinski definition) is 2. The third-order valence-corrected chi connectivity index (χ3v) is 3.57. The molecule has 0 bridgehead atoms. The van der Waals surface area contributed by atoms with E-state index in [0.717, 1.165) is 21.9 Å². The predicted octanol–water partition coefficient (Wildman–Crippen LogP) is 4.15. The summed E-state index contributed by atoms with van der Waals surface area (Å²) in [6.45, 7) is 0.0187. The van der Waals surface area contributed by atoms with Crippen molar-refractivity contribution < 1.29 is 14.2 Å². The number of benzene rings is 3. The molecular formula is C18H15FO2. The fourth-order valence-electron chi connectivity index (χ4n) is 2.42. The largest absolute Gasteiger partial charge is 0.497 e. The van der Waals surface area contributed by atoms with Crippen LogP contribution in [0, 0.1) is 5.82 Å². The zero-order valence-corrected chi connectivity index (χ0v) is 11.6. The van der Waals surface area contributed by atoms with Gasteiger partial charge in [-0.15, -0.1) is 0 Å². The molecule has 3 rings (SSSR count). The second kappa shape index (κ2) is 5.54. The van der Waals surface area contributed by atoms with Gasteiger partial charge in [0.05, 0.1) is 13.7 Å². The molecule has 0 saturated carbocycles. The summed E-state index contributed by atoms with van der Waals surface area (Å²) in [5.41, 5.74) is 2.23. The number of ether oxygens (including phenoxy) is 1. The van der Waals surface area contributed by atoms with Gasteiger partial charge in [-0.3, -0.25) is 0 Å². The van der Waals surface area contributed by atoms with Gasteiger partial charge in [-0.2, -0.15) is 0 Å². The van der Waals surface area contributed by atoms with E-state index in [0.29, 0.717) is 11.3 Å². The zero-order valence-electron chi connectivity index (χ0n) is 11.6. The summed E-state index contributed by atoms with van der Waals surface area (Å²) in [7, 11) is 1.52. The molecule has 21 heavy (non-hydrogen) atoms. The Bertz CT molecular complexity index is 796. The van der Waals surface area contributed by atoms with Crippen molar-refractivity contribution in [1.29, 1.82) is 0 Å². The number of fused-ring (bicyclic) bond motifs is 1. The molecule has 3 aromatic rings. The van der Waals surface area contributed by atoms with Crippen molar-refractivity contribution in [2.24, 2.45) is 0 Å². The van der Waals surface area contributed by atoms with E-state index in [9.17, 15) is 4.39 Å². The van der Waals surface area contributed by atoms with Crippen LogP contribution >= 0.6 is 0 Å². The van der Waals surface area contributed by atoms with Crippen molar-refractivity contribution >= 4 is 10.8 Å². The molecule has 0 spiro atoms. The summed E-state index contributed by atoms with van der Waals surface area (Å²) >= 11 is 0. The van der Waals surface area contributed by atoms with E-state index < -0.39 is 0 Å². The summed E-state index contributed by atoms with van der Waals surface area (Å²) in [5.74, 6) is 0.199. The minimum absolute atomic E-state index is 0.0187. The summed E-state index contributed by atoms with van der Waals surface area (Å²) in [6, 6.07) is 16.4. The number of aliphatic hydroxyl groups is 1. The maximum atomic E-state index is 14.1. The van der Waals surface area contributed by atoms with Crippen LogP contribution in [0.2, 0.25) is 0 Å². The monoisotopic (exact) mass is 282 g/mol. The van der Waals surface area contributed by atoms with E-state index in [4.69, 9.17) is 9.84 Å². The van der Waals surface area contributed by atoms with Crippen molar-refractivity contribution in [2.75, 3.05) is 7.11 Å². The van der Waals surface area contributed by atoms with Crippen LogP contribution in [0.1, 0.15) is 5.56 Å². The first kappa shape index (κ1) is 13.6. The van der Waals surface area contributed by atoms with Crippen molar-refractivity contribution in [3.05, 3.63) is 66.0 Å². The van der Waals surface area contributed by atoms with E-state index in [2.05, 4.69) is 0 Å². The quantitative estimate of drug-likeness (QED) is 0.782. The van der Waals surface area contributed by atoms with Gasteiger partial charge >= 0.3 is 0 Å². The zero-order chi connectivity index (χ0) is 14.8. The lowest BCUT2D eigenvalue weighted by molar-refractivity contribution is 0.282. The Kier molecular flexibility index (Phi) is 3.59. The van der Waals surface area contributed by atoms with Crippen LogP contribution in [0.25, 0.3) is 21.9 Å². The highest BCUT2D eigenvalue weighted by Crippen LogP contribution is 2.29. The second-order valence-electron chi connectivity index (χ2n) is 4.90. The van der Waals surface area contributed by atoms with Gasteiger partial charge in [-0.1, -0.05) is 24.3 Å². The highest BCUT2D eigenvalue weighted by Gasteiger charge is 2.07. The molecule has 0 aliphatic heterocycles. The molecule has 0 amide bonds. The molecule has 0 radical (unpaired) electrons. The highest BCUT2D eigenvalue weighted by atomic mass is 19.1. The number of methoxy groups -OCH3 is 1.